The van der Waals surface area contributed by atoms with E-state index in [1.165, 1.54) is 4.90 Å². The lowest BCUT2D eigenvalue weighted by Gasteiger charge is -2.24. The van der Waals surface area contributed by atoms with Crippen LogP contribution in [-0.4, -0.2) is 31.9 Å². The Morgan fingerprint density at radius 1 is 1.37 bits per heavy atom. The van der Waals surface area contributed by atoms with Crippen LogP contribution in [-0.2, 0) is 4.74 Å². The number of nitrogens with two attached hydrogens (primary N) is 1. The molecular weight excluding hydrogens is 244 g/mol. The molecule has 1 aromatic carbocycles. The summed E-state index contributed by atoms with van der Waals surface area (Å²) in [5.41, 5.74) is 5.58. The van der Waals surface area contributed by atoms with Gasteiger partial charge in [-0.2, -0.15) is 0 Å². The highest BCUT2D eigenvalue weighted by Crippen LogP contribution is 2.22. The third kappa shape index (κ3) is 5.18. The van der Waals surface area contributed by atoms with Crippen LogP contribution in [0.4, 0.5) is 10.5 Å². The first kappa shape index (κ1) is 15.3. The normalized spacial score (nSPS) is 11.0. The van der Waals surface area contributed by atoms with Crippen LogP contribution in [0.2, 0.25) is 0 Å². The number of benzene rings is 1. The van der Waals surface area contributed by atoms with Gasteiger partial charge in [0.2, 0.25) is 0 Å². The fourth-order valence-corrected chi connectivity index (χ4v) is 1.39. The Morgan fingerprint density at radius 2 is 2.05 bits per heavy atom. The number of carbonyl (C=O) groups is 1. The van der Waals surface area contributed by atoms with Crippen LogP contribution >= 0.6 is 0 Å². The molecule has 0 heterocycles. The Kier molecular flexibility index (Phi) is 5.18. The fourth-order valence-electron chi connectivity index (χ4n) is 1.39. The molecule has 5 heteroatoms. The summed E-state index contributed by atoms with van der Waals surface area (Å²) >= 11 is 0. The highest BCUT2D eigenvalue weighted by molar-refractivity contribution is 5.87. The quantitative estimate of drug-likeness (QED) is 0.908. The molecular formula is C14H22N2O3. The van der Waals surface area contributed by atoms with Crippen LogP contribution in [0.25, 0.3) is 0 Å². The average molecular weight is 266 g/mol. The summed E-state index contributed by atoms with van der Waals surface area (Å²) in [5, 5.41) is 0. The molecule has 1 amide bonds. The Bertz CT molecular complexity index is 427. The molecule has 0 spiro atoms. The van der Waals surface area contributed by atoms with Crippen molar-refractivity contribution >= 4 is 11.8 Å². The number of ether oxygens (including phenoxy) is 2. The van der Waals surface area contributed by atoms with Crippen molar-refractivity contribution in [3.63, 3.8) is 0 Å². The molecule has 5 nitrogen and oxygen atoms in total. The van der Waals surface area contributed by atoms with Crippen LogP contribution in [0.1, 0.15) is 20.8 Å². The molecule has 0 saturated heterocycles. The first-order chi connectivity index (χ1) is 8.83. The number of hydrogen-bond donors (Lipinski definition) is 1. The Labute approximate surface area is 114 Å². The van der Waals surface area contributed by atoms with Gasteiger partial charge in [-0.3, -0.25) is 4.90 Å². The monoisotopic (exact) mass is 266 g/mol. The van der Waals surface area contributed by atoms with Crippen LogP contribution in [0, 0.1) is 0 Å². The zero-order valence-corrected chi connectivity index (χ0v) is 12.0. The molecule has 1 rings (SSSR count). The molecule has 0 bridgehead atoms. The van der Waals surface area contributed by atoms with Crippen LogP contribution in [0.5, 0.6) is 5.75 Å². The van der Waals surface area contributed by atoms with Crippen LogP contribution in [0.15, 0.2) is 24.3 Å². The molecule has 1 aromatic rings. The summed E-state index contributed by atoms with van der Waals surface area (Å²) in [6.07, 6.45) is -0.400. The molecule has 106 valence electrons. The summed E-state index contributed by atoms with van der Waals surface area (Å²) in [7, 11) is 1.66. The molecule has 0 radical (unpaired) electrons. The van der Waals surface area contributed by atoms with Crippen molar-refractivity contribution in [3.8, 4) is 5.75 Å². The van der Waals surface area contributed by atoms with E-state index in [1.807, 2.05) is 39.0 Å². The number of carbonyl (C=O) groups excluding carboxylic acids is 1. The van der Waals surface area contributed by atoms with E-state index in [1.54, 1.807) is 13.1 Å². The van der Waals surface area contributed by atoms with Gasteiger partial charge in [0.05, 0.1) is 5.69 Å². The van der Waals surface area contributed by atoms with Gasteiger partial charge >= 0.3 is 6.09 Å². The predicted octanol–water partition coefficient (Wildman–Crippen LogP) is 2.40. The molecule has 0 aliphatic carbocycles. The SMILES string of the molecule is CN(C(=O)OC(C)(C)C)c1cccc(OCCN)c1. The topological polar surface area (TPSA) is 64.8 Å². The van der Waals surface area contributed by atoms with Crippen molar-refractivity contribution in [2.24, 2.45) is 5.73 Å². The summed E-state index contributed by atoms with van der Waals surface area (Å²) in [4.78, 5) is 13.4. The summed E-state index contributed by atoms with van der Waals surface area (Å²) in [6, 6.07) is 7.24. The number of anilines is 1. The third-order valence-electron chi connectivity index (χ3n) is 2.26. The Hall–Kier alpha value is -1.75. The van der Waals surface area contributed by atoms with Gasteiger partial charge in [0.1, 0.15) is 18.0 Å². The lowest BCUT2D eigenvalue weighted by molar-refractivity contribution is 0.0589. The molecule has 0 aromatic heterocycles. The first-order valence-corrected chi connectivity index (χ1v) is 6.23. The second-order valence-corrected chi connectivity index (χ2v) is 5.17. The number of hydrogen-bond acceptors (Lipinski definition) is 4. The zero-order chi connectivity index (χ0) is 14.5. The van der Waals surface area contributed by atoms with Gasteiger partial charge < -0.3 is 15.2 Å². The van der Waals surface area contributed by atoms with Crippen molar-refractivity contribution in [1.29, 1.82) is 0 Å². The highest BCUT2D eigenvalue weighted by atomic mass is 16.6. The second-order valence-electron chi connectivity index (χ2n) is 5.17. The van der Waals surface area contributed by atoms with E-state index in [4.69, 9.17) is 15.2 Å². The van der Waals surface area contributed by atoms with Crippen LogP contribution < -0.4 is 15.4 Å². The molecule has 0 saturated carbocycles. The minimum Gasteiger partial charge on any atom is -0.492 e. The van der Waals surface area contributed by atoms with Gasteiger partial charge in [0, 0.05) is 19.7 Å². The predicted molar refractivity (Wildman–Crippen MR) is 75.6 cm³/mol. The summed E-state index contributed by atoms with van der Waals surface area (Å²) < 4.78 is 10.7. The fraction of sp³-hybridized carbons (Fsp3) is 0.500. The average Bonchev–Trinajstić information content (AvgIpc) is 2.33. The lowest BCUT2D eigenvalue weighted by Crippen LogP contribution is -2.34. The van der Waals surface area contributed by atoms with E-state index >= 15 is 0 Å². The number of nitrogens with zero attached hydrogens (tertiary/aromatic N) is 1. The summed E-state index contributed by atoms with van der Waals surface area (Å²) in [6.45, 7) is 6.39. The minimum absolute atomic E-state index is 0.400. The minimum atomic E-state index is -0.515. The largest absolute Gasteiger partial charge is 0.492 e. The van der Waals surface area contributed by atoms with Gasteiger partial charge in [-0.25, -0.2) is 4.79 Å². The van der Waals surface area contributed by atoms with E-state index < -0.39 is 11.7 Å². The van der Waals surface area contributed by atoms with E-state index in [-0.39, 0.29) is 0 Å². The molecule has 0 unspecified atom stereocenters. The Morgan fingerprint density at radius 3 is 2.63 bits per heavy atom. The van der Waals surface area contributed by atoms with Crippen molar-refractivity contribution in [2.45, 2.75) is 26.4 Å². The molecule has 0 atom stereocenters. The lowest BCUT2D eigenvalue weighted by atomic mass is 10.2. The van der Waals surface area contributed by atoms with E-state index in [0.717, 1.165) is 0 Å². The van der Waals surface area contributed by atoms with Gasteiger partial charge in [-0.15, -0.1) is 0 Å². The van der Waals surface area contributed by atoms with Gasteiger partial charge in [0.25, 0.3) is 0 Å². The van der Waals surface area contributed by atoms with Gasteiger partial charge in [-0.1, -0.05) is 6.07 Å². The number of amides is 1. The van der Waals surface area contributed by atoms with Crippen molar-refractivity contribution in [2.75, 3.05) is 25.1 Å². The molecule has 0 fully saturated rings. The van der Waals surface area contributed by atoms with Crippen molar-refractivity contribution < 1.29 is 14.3 Å². The van der Waals surface area contributed by atoms with Gasteiger partial charge in [-0.05, 0) is 32.9 Å². The first-order valence-electron chi connectivity index (χ1n) is 6.23. The maximum atomic E-state index is 11.9. The van der Waals surface area contributed by atoms with E-state index in [9.17, 15) is 4.79 Å². The van der Waals surface area contributed by atoms with Crippen molar-refractivity contribution in [3.05, 3.63) is 24.3 Å². The maximum Gasteiger partial charge on any atom is 0.414 e. The molecule has 2 N–H and O–H groups in total. The molecule has 0 aliphatic rings. The standard InChI is InChI=1S/C14H22N2O3/c1-14(2,3)19-13(17)16(4)11-6-5-7-12(10-11)18-9-8-15/h5-7,10H,8-9,15H2,1-4H3. The third-order valence-corrected chi connectivity index (χ3v) is 2.26. The maximum absolute atomic E-state index is 11.9. The number of rotatable bonds is 4. The van der Waals surface area contributed by atoms with E-state index in [2.05, 4.69) is 0 Å². The van der Waals surface area contributed by atoms with Crippen molar-refractivity contribution in [1.82, 2.24) is 0 Å². The zero-order valence-electron chi connectivity index (χ0n) is 12.0. The molecule has 0 aliphatic heterocycles. The van der Waals surface area contributed by atoms with Gasteiger partial charge in [0.15, 0.2) is 0 Å². The highest BCUT2D eigenvalue weighted by Gasteiger charge is 2.20. The molecule has 19 heavy (non-hydrogen) atoms. The Balaban J connectivity index is 2.76. The summed E-state index contributed by atoms with van der Waals surface area (Å²) in [5.74, 6) is 0.679. The van der Waals surface area contributed by atoms with E-state index in [0.29, 0.717) is 24.6 Å². The van der Waals surface area contributed by atoms with Crippen LogP contribution in [0.3, 0.4) is 0 Å². The second kappa shape index (κ2) is 6.43. The smallest absolute Gasteiger partial charge is 0.414 e.